The Hall–Kier alpha value is -2.93. The predicted octanol–water partition coefficient (Wildman–Crippen LogP) is 6.16. The van der Waals surface area contributed by atoms with Crippen LogP contribution in [0.2, 0.25) is 5.02 Å². The number of alkyl halides is 3. The molecule has 3 rings (SSSR count). The van der Waals surface area contributed by atoms with Crippen molar-refractivity contribution in [2.45, 2.75) is 19.2 Å². The van der Waals surface area contributed by atoms with Crippen LogP contribution in [0, 0.1) is 0 Å². The van der Waals surface area contributed by atoms with Crippen molar-refractivity contribution in [3.05, 3.63) is 65.2 Å². The third-order valence-electron chi connectivity index (χ3n) is 3.93. The van der Waals surface area contributed by atoms with E-state index in [4.69, 9.17) is 26.2 Å². The summed E-state index contributed by atoms with van der Waals surface area (Å²) in [4.78, 5) is 10.9. The first-order valence-electron chi connectivity index (χ1n) is 8.11. The van der Waals surface area contributed by atoms with E-state index in [0.717, 1.165) is 23.6 Å². The molecule has 1 atom stereocenters. The van der Waals surface area contributed by atoms with Gasteiger partial charge >= 0.3 is 12.1 Å². The van der Waals surface area contributed by atoms with Crippen LogP contribution in [0.5, 0.6) is 17.2 Å². The molecule has 3 aromatic rings. The molecule has 0 bridgehead atoms. The summed E-state index contributed by atoms with van der Waals surface area (Å²) in [7, 11) is 0. The third-order valence-corrected chi connectivity index (χ3v) is 4.23. The molecule has 0 saturated heterocycles. The van der Waals surface area contributed by atoms with E-state index in [1.165, 1.54) is 6.92 Å². The Morgan fingerprint density at radius 2 is 1.64 bits per heavy atom. The normalized spacial score (nSPS) is 12.6. The number of rotatable bonds is 5. The van der Waals surface area contributed by atoms with Gasteiger partial charge in [0.1, 0.15) is 17.2 Å². The standard InChI is InChI=1S/C20H14ClF3O4/c1-11(19(25)26)27-15-5-2-12-3-6-16(9-13(12)8-15)28-18-7-4-14(10-17(18)21)20(22,23)24/h2-11H,1H3,(H,25,26). The summed E-state index contributed by atoms with van der Waals surface area (Å²) in [6, 6.07) is 13.0. The highest BCUT2D eigenvalue weighted by Gasteiger charge is 2.31. The number of carbonyl (C=O) groups is 1. The average Bonchev–Trinajstić information content (AvgIpc) is 2.62. The van der Waals surface area contributed by atoms with Crippen molar-refractivity contribution in [3.8, 4) is 17.2 Å². The van der Waals surface area contributed by atoms with E-state index in [1.807, 2.05) is 0 Å². The molecule has 1 unspecified atom stereocenters. The minimum absolute atomic E-state index is 0.0842. The Morgan fingerprint density at radius 3 is 2.25 bits per heavy atom. The lowest BCUT2D eigenvalue weighted by Gasteiger charge is -2.13. The molecule has 0 fully saturated rings. The van der Waals surface area contributed by atoms with Crippen LogP contribution in [-0.2, 0) is 11.0 Å². The molecule has 0 amide bonds. The van der Waals surface area contributed by atoms with Gasteiger partial charge in [0, 0.05) is 0 Å². The number of hydrogen-bond donors (Lipinski definition) is 1. The van der Waals surface area contributed by atoms with E-state index in [1.54, 1.807) is 36.4 Å². The maximum atomic E-state index is 12.7. The zero-order valence-corrected chi connectivity index (χ0v) is 15.2. The van der Waals surface area contributed by atoms with Crippen LogP contribution < -0.4 is 9.47 Å². The van der Waals surface area contributed by atoms with Gasteiger partial charge in [-0.25, -0.2) is 4.79 Å². The van der Waals surface area contributed by atoms with Crippen LogP contribution in [-0.4, -0.2) is 17.2 Å². The second kappa shape index (κ2) is 7.59. The molecule has 0 radical (unpaired) electrons. The lowest BCUT2D eigenvalue weighted by Crippen LogP contribution is -2.22. The van der Waals surface area contributed by atoms with E-state index in [0.29, 0.717) is 16.9 Å². The highest BCUT2D eigenvalue weighted by Crippen LogP contribution is 2.37. The molecular weight excluding hydrogens is 397 g/mol. The van der Waals surface area contributed by atoms with Crippen LogP contribution >= 0.6 is 11.6 Å². The Labute approximate surface area is 163 Å². The Kier molecular flexibility index (Phi) is 5.38. The lowest BCUT2D eigenvalue weighted by atomic mass is 10.1. The molecule has 0 aliphatic heterocycles. The zero-order chi connectivity index (χ0) is 20.5. The summed E-state index contributed by atoms with van der Waals surface area (Å²) < 4.78 is 49.1. The van der Waals surface area contributed by atoms with Crippen molar-refractivity contribution in [2.75, 3.05) is 0 Å². The molecule has 3 aromatic carbocycles. The second-order valence-corrected chi connectivity index (χ2v) is 6.42. The van der Waals surface area contributed by atoms with Gasteiger partial charge in [0.05, 0.1) is 10.6 Å². The van der Waals surface area contributed by atoms with Crippen molar-refractivity contribution in [1.29, 1.82) is 0 Å². The summed E-state index contributed by atoms with van der Waals surface area (Å²) in [5.74, 6) is -0.278. The maximum absolute atomic E-state index is 12.7. The van der Waals surface area contributed by atoms with Crippen LogP contribution in [0.1, 0.15) is 12.5 Å². The second-order valence-electron chi connectivity index (χ2n) is 6.01. The zero-order valence-electron chi connectivity index (χ0n) is 14.5. The van der Waals surface area contributed by atoms with Gasteiger partial charge in [0.25, 0.3) is 0 Å². The fraction of sp³-hybridized carbons (Fsp3) is 0.150. The number of carboxylic acid groups (broad SMARTS) is 1. The maximum Gasteiger partial charge on any atom is 0.416 e. The van der Waals surface area contributed by atoms with E-state index >= 15 is 0 Å². The SMILES string of the molecule is CC(Oc1ccc2ccc(Oc3ccc(C(F)(F)F)cc3Cl)cc2c1)C(=O)O. The molecule has 1 N–H and O–H groups in total. The van der Waals surface area contributed by atoms with Crippen LogP contribution in [0.25, 0.3) is 10.8 Å². The van der Waals surface area contributed by atoms with Gasteiger partial charge in [-0.05, 0) is 60.2 Å². The number of ether oxygens (including phenoxy) is 2. The number of halogens is 4. The molecule has 0 aromatic heterocycles. The molecular formula is C20H14ClF3O4. The number of fused-ring (bicyclic) bond motifs is 1. The number of benzene rings is 3. The van der Waals surface area contributed by atoms with Gasteiger partial charge in [-0.3, -0.25) is 0 Å². The molecule has 0 aliphatic rings. The van der Waals surface area contributed by atoms with Crippen molar-refractivity contribution in [1.82, 2.24) is 0 Å². The first kappa shape index (κ1) is 19.8. The summed E-state index contributed by atoms with van der Waals surface area (Å²) >= 11 is 5.92. The summed E-state index contributed by atoms with van der Waals surface area (Å²) in [6.07, 6.45) is -5.50. The molecule has 0 aliphatic carbocycles. The summed E-state index contributed by atoms with van der Waals surface area (Å²) in [5.41, 5.74) is -0.863. The molecule has 28 heavy (non-hydrogen) atoms. The molecule has 8 heteroatoms. The van der Waals surface area contributed by atoms with Crippen LogP contribution in [0.15, 0.2) is 54.6 Å². The predicted molar refractivity (Wildman–Crippen MR) is 98.2 cm³/mol. The van der Waals surface area contributed by atoms with E-state index in [-0.39, 0.29) is 10.8 Å². The highest BCUT2D eigenvalue weighted by atomic mass is 35.5. The number of hydrogen-bond acceptors (Lipinski definition) is 3. The van der Waals surface area contributed by atoms with E-state index in [9.17, 15) is 18.0 Å². The fourth-order valence-corrected chi connectivity index (χ4v) is 2.70. The minimum Gasteiger partial charge on any atom is -0.479 e. The first-order valence-corrected chi connectivity index (χ1v) is 8.49. The van der Waals surface area contributed by atoms with Gasteiger partial charge in [-0.2, -0.15) is 13.2 Å². The quantitative estimate of drug-likeness (QED) is 0.547. The smallest absolute Gasteiger partial charge is 0.416 e. The van der Waals surface area contributed by atoms with Gasteiger partial charge in [-0.15, -0.1) is 0 Å². The molecule has 0 spiro atoms. The van der Waals surface area contributed by atoms with E-state index < -0.39 is 23.8 Å². The van der Waals surface area contributed by atoms with Crippen LogP contribution in [0.4, 0.5) is 13.2 Å². The molecule has 146 valence electrons. The van der Waals surface area contributed by atoms with Crippen molar-refractivity contribution in [2.24, 2.45) is 0 Å². The topological polar surface area (TPSA) is 55.8 Å². The average molecular weight is 411 g/mol. The minimum atomic E-state index is -4.49. The van der Waals surface area contributed by atoms with Crippen LogP contribution in [0.3, 0.4) is 0 Å². The largest absolute Gasteiger partial charge is 0.479 e. The van der Waals surface area contributed by atoms with Gasteiger partial charge in [0.15, 0.2) is 6.10 Å². The van der Waals surface area contributed by atoms with Gasteiger partial charge < -0.3 is 14.6 Å². The monoisotopic (exact) mass is 410 g/mol. The molecule has 4 nitrogen and oxygen atoms in total. The van der Waals surface area contributed by atoms with E-state index in [2.05, 4.69) is 0 Å². The van der Waals surface area contributed by atoms with Gasteiger partial charge in [-0.1, -0.05) is 23.7 Å². The first-order chi connectivity index (χ1) is 13.1. The summed E-state index contributed by atoms with van der Waals surface area (Å²) in [5, 5.41) is 10.3. The Balaban J connectivity index is 1.86. The number of aliphatic carboxylic acids is 1. The molecule has 0 heterocycles. The molecule has 0 saturated carbocycles. The van der Waals surface area contributed by atoms with Crippen molar-refractivity contribution in [3.63, 3.8) is 0 Å². The highest BCUT2D eigenvalue weighted by molar-refractivity contribution is 6.32. The Morgan fingerprint density at radius 1 is 1.00 bits per heavy atom. The van der Waals surface area contributed by atoms with Crippen molar-refractivity contribution >= 4 is 28.3 Å². The number of carboxylic acids is 1. The van der Waals surface area contributed by atoms with Gasteiger partial charge in [0.2, 0.25) is 0 Å². The fourth-order valence-electron chi connectivity index (χ4n) is 2.48. The third kappa shape index (κ3) is 4.48. The lowest BCUT2D eigenvalue weighted by molar-refractivity contribution is -0.144. The summed E-state index contributed by atoms with van der Waals surface area (Å²) in [6.45, 7) is 1.42. The Bertz CT molecular complexity index is 1030. The van der Waals surface area contributed by atoms with Crippen molar-refractivity contribution < 1.29 is 32.5 Å².